The van der Waals surface area contributed by atoms with Crippen LogP contribution in [0.25, 0.3) is 0 Å². The van der Waals surface area contributed by atoms with Crippen molar-refractivity contribution in [2.45, 2.75) is 25.3 Å². The van der Waals surface area contributed by atoms with Gasteiger partial charge < -0.3 is 16.4 Å². The SMILES string of the molecule is CC(=O)N1c2cc(N)ccc2C2Cc3ccc(N)cc3C21. The van der Waals surface area contributed by atoms with E-state index in [-0.39, 0.29) is 11.9 Å². The molecule has 0 aromatic heterocycles. The number of amides is 1. The van der Waals surface area contributed by atoms with Gasteiger partial charge in [-0.15, -0.1) is 0 Å². The van der Waals surface area contributed by atoms with Crippen molar-refractivity contribution in [3.63, 3.8) is 0 Å². The third-order valence-corrected chi connectivity index (χ3v) is 4.64. The second kappa shape index (κ2) is 4.01. The lowest BCUT2D eigenvalue weighted by atomic mass is 9.95. The Hall–Kier alpha value is -2.49. The van der Waals surface area contributed by atoms with E-state index >= 15 is 0 Å². The molecule has 4 heteroatoms. The molecule has 2 aliphatic rings. The zero-order chi connectivity index (χ0) is 14.7. The minimum Gasteiger partial charge on any atom is -0.399 e. The van der Waals surface area contributed by atoms with E-state index in [1.165, 1.54) is 16.7 Å². The number of anilines is 3. The van der Waals surface area contributed by atoms with Crippen molar-refractivity contribution >= 4 is 23.0 Å². The van der Waals surface area contributed by atoms with Crippen molar-refractivity contribution in [3.8, 4) is 0 Å². The first-order valence-electron chi connectivity index (χ1n) is 7.14. The Balaban J connectivity index is 1.93. The molecule has 4 N–H and O–H groups in total. The third-order valence-electron chi connectivity index (χ3n) is 4.64. The predicted octanol–water partition coefficient (Wildman–Crippen LogP) is 2.60. The van der Waals surface area contributed by atoms with Gasteiger partial charge in [0.05, 0.1) is 6.04 Å². The first kappa shape index (κ1) is 12.3. The van der Waals surface area contributed by atoms with Crippen LogP contribution >= 0.6 is 0 Å². The Morgan fingerprint density at radius 2 is 1.81 bits per heavy atom. The molecule has 1 aliphatic carbocycles. The van der Waals surface area contributed by atoms with Crippen molar-refractivity contribution in [3.05, 3.63) is 53.1 Å². The molecule has 2 atom stereocenters. The van der Waals surface area contributed by atoms with Crippen molar-refractivity contribution in [2.75, 3.05) is 16.4 Å². The van der Waals surface area contributed by atoms with E-state index in [0.717, 1.165) is 17.8 Å². The number of carbonyl (C=O) groups excluding carboxylic acids is 1. The molecule has 0 spiro atoms. The Kier molecular flexibility index (Phi) is 2.34. The maximum absolute atomic E-state index is 12.2. The van der Waals surface area contributed by atoms with Crippen LogP contribution in [0.4, 0.5) is 17.1 Å². The summed E-state index contributed by atoms with van der Waals surface area (Å²) >= 11 is 0. The normalized spacial score (nSPS) is 21.9. The van der Waals surface area contributed by atoms with Crippen LogP contribution in [0.1, 0.15) is 35.6 Å². The van der Waals surface area contributed by atoms with Crippen molar-refractivity contribution in [1.29, 1.82) is 0 Å². The maximum Gasteiger partial charge on any atom is 0.224 e. The van der Waals surface area contributed by atoms with Crippen LogP contribution in [-0.2, 0) is 11.2 Å². The fourth-order valence-electron chi connectivity index (χ4n) is 3.84. The van der Waals surface area contributed by atoms with Crippen LogP contribution < -0.4 is 16.4 Å². The zero-order valence-electron chi connectivity index (χ0n) is 11.8. The van der Waals surface area contributed by atoms with E-state index in [0.29, 0.717) is 11.6 Å². The highest BCUT2D eigenvalue weighted by atomic mass is 16.2. The number of nitrogens with two attached hydrogens (primary N) is 2. The van der Waals surface area contributed by atoms with Gasteiger partial charge in [0.1, 0.15) is 0 Å². The van der Waals surface area contributed by atoms with E-state index in [1.807, 2.05) is 29.2 Å². The third kappa shape index (κ3) is 1.59. The quantitative estimate of drug-likeness (QED) is 0.728. The summed E-state index contributed by atoms with van der Waals surface area (Å²) < 4.78 is 0. The molecule has 2 unspecified atom stereocenters. The number of rotatable bonds is 0. The lowest BCUT2D eigenvalue weighted by Gasteiger charge is -2.25. The number of fused-ring (bicyclic) bond motifs is 5. The summed E-state index contributed by atoms with van der Waals surface area (Å²) in [5, 5.41) is 0. The molecular weight excluding hydrogens is 262 g/mol. The molecule has 0 bridgehead atoms. The van der Waals surface area contributed by atoms with Gasteiger partial charge in [-0.25, -0.2) is 0 Å². The molecule has 0 saturated heterocycles. The van der Waals surface area contributed by atoms with Gasteiger partial charge in [-0.2, -0.15) is 0 Å². The van der Waals surface area contributed by atoms with Gasteiger partial charge in [0.15, 0.2) is 0 Å². The van der Waals surface area contributed by atoms with Crippen LogP contribution in [-0.4, -0.2) is 5.91 Å². The summed E-state index contributed by atoms with van der Waals surface area (Å²) in [6.45, 7) is 1.61. The highest BCUT2D eigenvalue weighted by Gasteiger charge is 2.46. The van der Waals surface area contributed by atoms with Gasteiger partial charge in [0.2, 0.25) is 5.91 Å². The lowest BCUT2D eigenvalue weighted by molar-refractivity contribution is -0.117. The number of hydrogen-bond donors (Lipinski definition) is 2. The number of benzene rings is 2. The smallest absolute Gasteiger partial charge is 0.224 e. The van der Waals surface area contributed by atoms with E-state index in [2.05, 4.69) is 12.1 Å². The summed E-state index contributed by atoms with van der Waals surface area (Å²) in [5.74, 6) is 0.353. The molecule has 0 saturated carbocycles. The zero-order valence-corrected chi connectivity index (χ0v) is 11.8. The molecule has 4 nitrogen and oxygen atoms in total. The Bertz CT molecular complexity index is 769. The molecule has 4 rings (SSSR count). The predicted molar refractivity (Wildman–Crippen MR) is 84.1 cm³/mol. The molecule has 106 valence electrons. The van der Waals surface area contributed by atoms with Gasteiger partial charge in [0, 0.05) is 29.9 Å². The molecule has 2 aromatic rings. The Labute approximate surface area is 123 Å². The van der Waals surface area contributed by atoms with Crippen LogP contribution in [0, 0.1) is 0 Å². The number of nitrogens with zero attached hydrogens (tertiary/aromatic N) is 1. The standard InChI is InChI=1S/C17H17N3O/c1-9(21)20-16-8-12(19)4-5-13(16)15-6-10-2-3-11(18)7-14(10)17(15)20/h2-5,7-8,15,17H,6,18-19H2,1H3. The first-order valence-corrected chi connectivity index (χ1v) is 7.14. The largest absolute Gasteiger partial charge is 0.399 e. The summed E-state index contributed by atoms with van der Waals surface area (Å²) in [6, 6.07) is 11.9. The maximum atomic E-state index is 12.2. The molecule has 0 radical (unpaired) electrons. The fourth-order valence-corrected chi connectivity index (χ4v) is 3.84. The number of carbonyl (C=O) groups is 1. The Morgan fingerprint density at radius 3 is 2.57 bits per heavy atom. The lowest BCUT2D eigenvalue weighted by Crippen LogP contribution is -2.29. The minimum atomic E-state index is 0.0459. The summed E-state index contributed by atoms with van der Waals surface area (Å²) in [7, 11) is 0. The average molecular weight is 279 g/mol. The Morgan fingerprint density at radius 1 is 1.10 bits per heavy atom. The second-order valence-corrected chi connectivity index (χ2v) is 5.92. The summed E-state index contributed by atoms with van der Waals surface area (Å²) in [4.78, 5) is 14.1. The van der Waals surface area contributed by atoms with Crippen LogP contribution in [0.3, 0.4) is 0 Å². The molecule has 1 aliphatic heterocycles. The van der Waals surface area contributed by atoms with E-state index in [1.54, 1.807) is 6.92 Å². The molecular formula is C17H17N3O. The number of nitrogen functional groups attached to an aromatic ring is 2. The fraction of sp³-hybridized carbons (Fsp3) is 0.235. The highest BCUT2D eigenvalue weighted by molar-refractivity contribution is 5.96. The molecule has 1 amide bonds. The molecule has 1 heterocycles. The molecule has 0 fully saturated rings. The topological polar surface area (TPSA) is 72.3 Å². The van der Waals surface area contributed by atoms with Crippen LogP contribution in [0.2, 0.25) is 0 Å². The van der Waals surface area contributed by atoms with Gasteiger partial charge >= 0.3 is 0 Å². The van der Waals surface area contributed by atoms with Crippen molar-refractivity contribution in [1.82, 2.24) is 0 Å². The van der Waals surface area contributed by atoms with Gasteiger partial charge in [-0.05, 0) is 47.4 Å². The number of hydrogen-bond acceptors (Lipinski definition) is 3. The summed E-state index contributed by atoms with van der Waals surface area (Å²) in [5.41, 5.74) is 17.9. The molecule has 2 aromatic carbocycles. The summed E-state index contributed by atoms with van der Waals surface area (Å²) in [6.07, 6.45) is 0.945. The van der Waals surface area contributed by atoms with Crippen molar-refractivity contribution in [2.24, 2.45) is 0 Å². The van der Waals surface area contributed by atoms with Gasteiger partial charge in [-0.3, -0.25) is 4.79 Å². The van der Waals surface area contributed by atoms with E-state index < -0.39 is 0 Å². The minimum absolute atomic E-state index is 0.0459. The molecule has 21 heavy (non-hydrogen) atoms. The second-order valence-electron chi connectivity index (χ2n) is 5.92. The van der Waals surface area contributed by atoms with Crippen molar-refractivity contribution < 1.29 is 4.79 Å². The average Bonchev–Trinajstić information content (AvgIpc) is 2.92. The van der Waals surface area contributed by atoms with Gasteiger partial charge in [0.25, 0.3) is 0 Å². The van der Waals surface area contributed by atoms with Crippen LogP contribution in [0.5, 0.6) is 0 Å². The highest BCUT2D eigenvalue weighted by Crippen LogP contribution is 2.55. The van der Waals surface area contributed by atoms with E-state index in [4.69, 9.17) is 11.5 Å². The monoisotopic (exact) mass is 279 g/mol. The van der Waals surface area contributed by atoms with E-state index in [9.17, 15) is 4.79 Å². The first-order chi connectivity index (χ1) is 10.1. The van der Waals surface area contributed by atoms with Crippen LogP contribution in [0.15, 0.2) is 36.4 Å². The van der Waals surface area contributed by atoms with Gasteiger partial charge in [-0.1, -0.05) is 12.1 Å².